The molecular weight excluding hydrogens is 240 g/mol. The van der Waals surface area contributed by atoms with Gasteiger partial charge in [0.25, 0.3) is 0 Å². The Bertz CT molecular complexity index is 423. The topological polar surface area (TPSA) is 49.7 Å². The molecule has 0 saturated heterocycles. The Balaban J connectivity index is 2.27. The smallest absolute Gasteiger partial charge is 0.126 e. The van der Waals surface area contributed by atoms with Crippen LogP contribution in [-0.2, 0) is 12.8 Å². The second-order valence-electron chi connectivity index (χ2n) is 5.03. The second kappa shape index (κ2) is 4.48. The molecule has 4 heteroatoms. The van der Waals surface area contributed by atoms with Gasteiger partial charge in [0.1, 0.15) is 5.75 Å². The fourth-order valence-corrected chi connectivity index (χ4v) is 2.22. The first-order chi connectivity index (χ1) is 7.88. The van der Waals surface area contributed by atoms with E-state index in [1.165, 1.54) is 0 Å². The zero-order valence-corrected chi connectivity index (χ0v) is 10.8. The lowest BCUT2D eigenvalue weighted by atomic mass is 9.94. The van der Waals surface area contributed by atoms with E-state index in [1.54, 1.807) is 19.9 Å². The average molecular weight is 257 g/mol. The summed E-state index contributed by atoms with van der Waals surface area (Å²) in [5.74, 6) is 0.817. The van der Waals surface area contributed by atoms with Gasteiger partial charge in [0.15, 0.2) is 0 Å². The fourth-order valence-electron chi connectivity index (χ4n) is 1.96. The molecule has 0 aliphatic carbocycles. The van der Waals surface area contributed by atoms with Gasteiger partial charge in [0, 0.05) is 17.9 Å². The van der Waals surface area contributed by atoms with Crippen LogP contribution in [-0.4, -0.2) is 28.5 Å². The van der Waals surface area contributed by atoms with Crippen LogP contribution < -0.4 is 4.74 Å². The molecule has 2 rings (SSSR count). The highest BCUT2D eigenvalue weighted by Gasteiger charge is 2.27. The van der Waals surface area contributed by atoms with E-state index in [-0.39, 0.29) is 0 Å². The molecule has 1 aromatic carbocycles. The van der Waals surface area contributed by atoms with E-state index < -0.39 is 11.7 Å². The predicted octanol–water partition coefficient (Wildman–Crippen LogP) is 1.95. The Labute approximate surface area is 106 Å². The number of rotatable bonds is 3. The van der Waals surface area contributed by atoms with Gasteiger partial charge >= 0.3 is 0 Å². The molecule has 1 atom stereocenters. The lowest BCUT2D eigenvalue weighted by Gasteiger charge is -2.25. The highest BCUT2D eigenvalue weighted by molar-refractivity contribution is 6.30. The van der Waals surface area contributed by atoms with Crippen molar-refractivity contribution >= 4 is 11.6 Å². The molecule has 3 nitrogen and oxygen atoms in total. The lowest BCUT2D eigenvalue weighted by Crippen LogP contribution is -2.37. The molecule has 1 aromatic rings. The van der Waals surface area contributed by atoms with E-state index in [2.05, 4.69) is 0 Å². The van der Waals surface area contributed by atoms with Gasteiger partial charge in [-0.05, 0) is 37.1 Å². The number of aliphatic hydroxyl groups excluding tert-OH is 1. The molecule has 0 aromatic heterocycles. The molecular formula is C13H17ClO3. The van der Waals surface area contributed by atoms with Crippen LogP contribution in [0.25, 0.3) is 0 Å². The van der Waals surface area contributed by atoms with Crippen LogP contribution in [0.1, 0.15) is 25.0 Å². The monoisotopic (exact) mass is 256 g/mol. The van der Waals surface area contributed by atoms with E-state index >= 15 is 0 Å². The maximum absolute atomic E-state index is 9.91. The first-order valence-electron chi connectivity index (χ1n) is 5.72. The van der Waals surface area contributed by atoms with Gasteiger partial charge < -0.3 is 14.9 Å². The van der Waals surface area contributed by atoms with Crippen molar-refractivity contribution in [1.29, 1.82) is 0 Å². The summed E-state index contributed by atoms with van der Waals surface area (Å²) in [6, 6.07) is 3.69. The lowest BCUT2D eigenvalue weighted by molar-refractivity contribution is -0.0471. The van der Waals surface area contributed by atoms with E-state index in [0.29, 0.717) is 18.1 Å². The molecule has 94 valence electrons. The molecule has 0 amide bonds. The Morgan fingerprint density at radius 3 is 2.82 bits per heavy atom. The Hall–Kier alpha value is -0.770. The summed E-state index contributed by atoms with van der Waals surface area (Å²) < 4.78 is 5.55. The van der Waals surface area contributed by atoms with Crippen LogP contribution in [0, 0.1) is 0 Å². The summed E-state index contributed by atoms with van der Waals surface area (Å²) in [4.78, 5) is 0. The van der Waals surface area contributed by atoms with Gasteiger partial charge in [-0.15, -0.1) is 0 Å². The second-order valence-corrected chi connectivity index (χ2v) is 5.46. The highest BCUT2D eigenvalue weighted by atomic mass is 35.5. The first-order valence-corrected chi connectivity index (χ1v) is 6.10. The third-order valence-electron chi connectivity index (χ3n) is 3.05. The normalized spacial score (nSPS) is 16.5. The fraction of sp³-hybridized carbons (Fsp3) is 0.538. The van der Waals surface area contributed by atoms with Crippen LogP contribution in [0.4, 0.5) is 0 Å². The molecule has 17 heavy (non-hydrogen) atoms. The number of halogens is 1. The van der Waals surface area contributed by atoms with Crippen LogP contribution >= 0.6 is 11.6 Å². The van der Waals surface area contributed by atoms with E-state index in [9.17, 15) is 10.2 Å². The molecule has 1 heterocycles. The number of hydrogen-bond donors (Lipinski definition) is 2. The van der Waals surface area contributed by atoms with Gasteiger partial charge in [0.05, 0.1) is 18.3 Å². The van der Waals surface area contributed by atoms with Crippen molar-refractivity contribution in [2.75, 3.05) is 6.61 Å². The maximum atomic E-state index is 9.91. The minimum atomic E-state index is -1.13. The zero-order chi connectivity index (χ0) is 12.6. The predicted molar refractivity (Wildman–Crippen MR) is 66.7 cm³/mol. The Morgan fingerprint density at radius 2 is 2.18 bits per heavy atom. The van der Waals surface area contributed by atoms with Crippen molar-refractivity contribution in [3.05, 3.63) is 28.3 Å². The Kier molecular flexibility index (Phi) is 3.34. The van der Waals surface area contributed by atoms with Gasteiger partial charge in [-0.2, -0.15) is 0 Å². The molecule has 0 radical (unpaired) electrons. The van der Waals surface area contributed by atoms with E-state index in [4.69, 9.17) is 16.3 Å². The summed E-state index contributed by atoms with van der Waals surface area (Å²) in [5.41, 5.74) is 0.809. The SMILES string of the molecule is CC(C)(O)C(O)Cc1cc(Cl)cc2c1OCC2. The van der Waals surface area contributed by atoms with Crippen molar-refractivity contribution < 1.29 is 14.9 Å². The number of ether oxygens (including phenoxy) is 1. The van der Waals surface area contributed by atoms with Crippen LogP contribution in [0.15, 0.2) is 12.1 Å². The van der Waals surface area contributed by atoms with Crippen LogP contribution in [0.3, 0.4) is 0 Å². The van der Waals surface area contributed by atoms with Crippen molar-refractivity contribution in [3.63, 3.8) is 0 Å². The van der Waals surface area contributed by atoms with Crippen LogP contribution in [0.5, 0.6) is 5.75 Å². The third-order valence-corrected chi connectivity index (χ3v) is 3.27. The number of aliphatic hydroxyl groups is 2. The van der Waals surface area contributed by atoms with Gasteiger partial charge in [0.2, 0.25) is 0 Å². The first kappa shape index (κ1) is 12.7. The largest absolute Gasteiger partial charge is 0.493 e. The van der Waals surface area contributed by atoms with Gasteiger partial charge in [-0.25, -0.2) is 0 Å². The number of hydrogen-bond acceptors (Lipinski definition) is 3. The third kappa shape index (κ3) is 2.73. The van der Waals surface area contributed by atoms with Crippen LogP contribution in [0.2, 0.25) is 5.02 Å². The zero-order valence-electron chi connectivity index (χ0n) is 10.0. The highest BCUT2D eigenvalue weighted by Crippen LogP contribution is 2.34. The van der Waals surface area contributed by atoms with E-state index in [0.717, 1.165) is 23.3 Å². The molecule has 0 spiro atoms. The van der Waals surface area contributed by atoms with Crippen molar-refractivity contribution in [2.45, 2.75) is 38.4 Å². The molecule has 0 saturated carbocycles. The Morgan fingerprint density at radius 1 is 1.47 bits per heavy atom. The molecule has 2 N–H and O–H groups in total. The summed E-state index contributed by atoms with van der Waals surface area (Å²) in [7, 11) is 0. The summed E-state index contributed by atoms with van der Waals surface area (Å²) in [6.45, 7) is 3.83. The standard InChI is InChI=1S/C13H17ClO3/c1-13(2,16)11(15)7-9-6-10(14)5-8-3-4-17-12(8)9/h5-6,11,15-16H,3-4,7H2,1-2H3. The minimum absolute atomic E-state index is 0.340. The van der Waals surface area contributed by atoms with Crippen molar-refractivity contribution in [1.82, 2.24) is 0 Å². The maximum Gasteiger partial charge on any atom is 0.126 e. The van der Waals surface area contributed by atoms with Crippen molar-refractivity contribution in [2.24, 2.45) is 0 Å². The summed E-state index contributed by atoms with van der Waals surface area (Å²) in [5, 5.41) is 20.3. The number of benzene rings is 1. The van der Waals surface area contributed by atoms with Gasteiger partial charge in [-0.3, -0.25) is 0 Å². The molecule has 0 fully saturated rings. The van der Waals surface area contributed by atoms with Gasteiger partial charge in [-0.1, -0.05) is 11.6 Å². The molecule has 1 aliphatic rings. The van der Waals surface area contributed by atoms with E-state index in [1.807, 2.05) is 6.07 Å². The quantitative estimate of drug-likeness (QED) is 0.869. The molecule has 1 aliphatic heterocycles. The average Bonchev–Trinajstić information content (AvgIpc) is 2.63. The summed E-state index contributed by atoms with van der Waals surface area (Å²) in [6.07, 6.45) is 0.350. The van der Waals surface area contributed by atoms with Crippen molar-refractivity contribution in [3.8, 4) is 5.75 Å². The molecule has 0 bridgehead atoms. The molecule has 1 unspecified atom stereocenters. The summed E-state index contributed by atoms with van der Waals surface area (Å²) >= 11 is 6.03. The minimum Gasteiger partial charge on any atom is -0.493 e. The number of fused-ring (bicyclic) bond motifs is 1.